The van der Waals surface area contributed by atoms with Crippen LogP contribution in [-0.4, -0.2) is 23.3 Å². The molecule has 0 aromatic heterocycles. The minimum absolute atomic E-state index is 0. The van der Waals surface area contributed by atoms with Crippen LogP contribution >= 0.6 is 0 Å². The third kappa shape index (κ3) is 3.57. The van der Waals surface area contributed by atoms with Gasteiger partial charge in [0.25, 0.3) is 0 Å². The second-order valence-corrected chi connectivity index (χ2v) is 10.8. The standard InChI is InChI=1S/C24H34O5.Na/c1-13(4-7-21(28)29)16-5-6-17-22-18(12-20(27)24(16,17)3)23(2)9-8-15(25)10-14(23)11-19(22)26;/h13-14,16-18,22H,4-12H2,1-3H3,(H,28,29);/q;+1/p-1. The van der Waals surface area contributed by atoms with Gasteiger partial charge in [-0.3, -0.25) is 14.4 Å². The predicted molar refractivity (Wildman–Crippen MR) is 104 cm³/mol. The Morgan fingerprint density at radius 3 is 2.47 bits per heavy atom. The topological polar surface area (TPSA) is 91.3 Å². The van der Waals surface area contributed by atoms with Gasteiger partial charge in [0.2, 0.25) is 0 Å². The summed E-state index contributed by atoms with van der Waals surface area (Å²) in [6, 6.07) is 0. The number of carboxylic acid groups (broad SMARTS) is 1. The van der Waals surface area contributed by atoms with Crippen LogP contribution in [0.4, 0.5) is 0 Å². The summed E-state index contributed by atoms with van der Waals surface area (Å²) in [5.74, 6) is 0.130. The fraction of sp³-hybridized carbons (Fsp3) is 0.833. The Morgan fingerprint density at radius 2 is 1.80 bits per heavy atom. The monoisotopic (exact) mass is 424 g/mol. The normalized spacial score (nSPS) is 43.8. The van der Waals surface area contributed by atoms with Gasteiger partial charge in [0, 0.05) is 43.0 Å². The van der Waals surface area contributed by atoms with Gasteiger partial charge in [-0.2, -0.15) is 0 Å². The van der Waals surface area contributed by atoms with Crippen LogP contribution in [0.5, 0.6) is 0 Å². The van der Waals surface area contributed by atoms with Crippen molar-refractivity contribution in [3.63, 3.8) is 0 Å². The molecule has 160 valence electrons. The zero-order chi connectivity index (χ0) is 21.1. The number of rotatable bonds is 4. The molecule has 8 atom stereocenters. The Balaban J connectivity index is 0.00000256. The van der Waals surface area contributed by atoms with Crippen molar-refractivity contribution in [3.8, 4) is 0 Å². The molecule has 0 saturated heterocycles. The van der Waals surface area contributed by atoms with Crippen LogP contribution in [0.1, 0.15) is 78.6 Å². The Morgan fingerprint density at radius 1 is 1.10 bits per heavy atom. The van der Waals surface area contributed by atoms with Crippen LogP contribution in [0, 0.1) is 46.3 Å². The quantitative estimate of drug-likeness (QED) is 0.580. The molecular weight excluding hydrogens is 391 g/mol. The molecule has 0 amide bonds. The van der Waals surface area contributed by atoms with Crippen LogP contribution in [0.2, 0.25) is 0 Å². The number of carboxylic acids is 1. The molecule has 0 bridgehead atoms. The number of Topliss-reactive ketones (excluding diaryl/α,β-unsaturated/α-hetero) is 3. The molecular formula is C24H33NaO5. The first-order chi connectivity index (χ1) is 13.6. The maximum absolute atomic E-state index is 13.6. The molecule has 4 aliphatic carbocycles. The fourth-order valence-electron chi connectivity index (χ4n) is 7.94. The average Bonchev–Trinajstić information content (AvgIpc) is 3.01. The van der Waals surface area contributed by atoms with Crippen molar-refractivity contribution < 1.29 is 53.8 Å². The molecule has 0 heterocycles. The third-order valence-electron chi connectivity index (χ3n) is 9.71. The molecule has 0 radical (unpaired) electrons. The fourth-order valence-corrected chi connectivity index (χ4v) is 7.94. The van der Waals surface area contributed by atoms with Gasteiger partial charge in [-0.15, -0.1) is 0 Å². The first kappa shape index (κ1) is 24.1. The van der Waals surface area contributed by atoms with Crippen LogP contribution in [-0.2, 0) is 19.2 Å². The van der Waals surface area contributed by atoms with E-state index < -0.39 is 11.4 Å². The van der Waals surface area contributed by atoms with E-state index in [1.54, 1.807) is 0 Å². The van der Waals surface area contributed by atoms with E-state index in [-0.39, 0.29) is 94.3 Å². The largest absolute Gasteiger partial charge is 1.00 e. The number of carbonyl (C=O) groups excluding carboxylic acids is 4. The van der Waals surface area contributed by atoms with Crippen LogP contribution in [0.15, 0.2) is 0 Å². The van der Waals surface area contributed by atoms with Gasteiger partial charge in [-0.25, -0.2) is 0 Å². The summed E-state index contributed by atoms with van der Waals surface area (Å²) in [5.41, 5.74) is -0.627. The second-order valence-electron chi connectivity index (χ2n) is 10.8. The van der Waals surface area contributed by atoms with Crippen molar-refractivity contribution in [2.75, 3.05) is 0 Å². The maximum Gasteiger partial charge on any atom is 1.00 e. The number of hydrogen-bond donors (Lipinski definition) is 0. The molecule has 4 fully saturated rings. The zero-order valence-electron chi connectivity index (χ0n) is 18.9. The number of fused-ring (bicyclic) bond motifs is 5. The first-order valence-corrected chi connectivity index (χ1v) is 11.4. The van der Waals surface area contributed by atoms with E-state index in [4.69, 9.17) is 0 Å². The molecule has 30 heavy (non-hydrogen) atoms. The molecule has 0 aliphatic heterocycles. The Labute approximate surface area is 201 Å². The van der Waals surface area contributed by atoms with Gasteiger partial charge in [0.05, 0.1) is 0 Å². The maximum atomic E-state index is 13.6. The number of hydrogen-bond acceptors (Lipinski definition) is 5. The zero-order valence-corrected chi connectivity index (χ0v) is 20.9. The number of carbonyl (C=O) groups is 4. The molecule has 0 N–H and O–H groups in total. The summed E-state index contributed by atoms with van der Waals surface area (Å²) in [7, 11) is 0. The van der Waals surface area contributed by atoms with E-state index in [2.05, 4.69) is 13.8 Å². The predicted octanol–water partition coefficient (Wildman–Crippen LogP) is -0.257. The first-order valence-electron chi connectivity index (χ1n) is 11.4. The Kier molecular flexibility index (Phi) is 6.79. The van der Waals surface area contributed by atoms with Gasteiger partial charge in [0.15, 0.2) is 0 Å². The number of ketones is 3. The molecule has 0 aromatic carbocycles. The van der Waals surface area contributed by atoms with Gasteiger partial charge >= 0.3 is 29.6 Å². The van der Waals surface area contributed by atoms with Crippen molar-refractivity contribution in [1.29, 1.82) is 0 Å². The smallest absolute Gasteiger partial charge is 0.550 e. The van der Waals surface area contributed by atoms with Crippen molar-refractivity contribution >= 4 is 23.3 Å². The summed E-state index contributed by atoms with van der Waals surface area (Å²) in [6.07, 6.45) is 5.08. The summed E-state index contributed by atoms with van der Waals surface area (Å²) in [6.45, 7) is 6.32. The van der Waals surface area contributed by atoms with Crippen LogP contribution < -0.4 is 34.7 Å². The van der Waals surface area contributed by atoms with E-state index in [1.807, 2.05) is 6.92 Å². The van der Waals surface area contributed by atoms with Gasteiger partial charge < -0.3 is 9.90 Å². The van der Waals surface area contributed by atoms with Crippen molar-refractivity contribution in [2.24, 2.45) is 46.3 Å². The van der Waals surface area contributed by atoms with Crippen LogP contribution in [0.25, 0.3) is 0 Å². The minimum atomic E-state index is -1.04. The number of aliphatic carboxylic acids is 1. The second kappa shape index (κ2) is 8.44. The molecule has 4 aliphatic rings. The Bertz CT molecular complexity index is 763. The summed E-state index contributed by atoms with van der Waals surface area (Å²) >= 11 is 0. The minimum Gasteiger partial charge on any atom is -0.550 e. The summed E-state index contributed by atoms with van der Waals surface area (Å²) in [5, 5.41) is 10.9. The molecule has 4 rings (SSSR count). The van der Waals surface area contributed by atoms with Crippen molar-refractivity contribution in [2.45, 2.75) is 78.6 Å². The summed E-state index contributed by atoms with van der Waals surface area (Å²) in [4.78, 5) is 49.8. The molecule has 6 heteroatoms. The van der Waals surface area contributed by atoms with Crippen LogP contribution in [0.3, 0.4) is 0 Å². The average molecular weight is 425 g/mol. The van der Waals surface area contributed by atoms with E-state index in [0.717, 1.165) is 19.3 Å². The summed E-state index contributed by atoms with van der Waals surface area (Å²) < 4.78 is 0. The van der Waals surface area contributed by atoms with Gasteiger partial charge in [-0.05, 0) is 67.1 Å². The molecule has 0 aromatic rings. The molecule has 8 unspecified atom stereocenters. The third-order valence-corrected chi connectivity index (χ3v) is 9.71. The SMILES string of the molecule is CC(CCC(=O)[O-])C1CCC2C3C(=O)CC4CC(=O)CCC4(C)C3CC(=O)C12C.[Na+]. The van der Waals surface area contributed by atoms with E-state index in [1.165, 1.54) is 0 Å². The van der Waals surface area contributed by atoms with Gasteiger partial charge in [-0.1, -0.05) is 20.8 Å². The van der Waals surface area contributed by atoms with E-state index >= 15 is 0 Å². The molecule has 0 spiro atoms. The van der Waals surface area contributed by atoms with E-state index in [0.29, 0.717) is 32.1 Å². The molecule has 4 saturated carbocycles. The Hall–Kier alpha value is -0.520. The molecule has 5 nitrogen and oxygen atoms in total. The van der Waals surface area contributed by atoms with E-state index in [9.17, 15) is 24.3 Å². The van der Waals surface area contributed by atoms with Gasteiger partial charge in [0.1, 0.15) is 17.3 Å². The van der Waals surface area contributed by atoms with Crippen molar-refractivity contribution in [3.05, 3.63) is 0 Å². The van der Waals surface area contributed by atoms with Crippen molar-refractivity contribution in [1.82, 2.24) is 0 Å².